The lowest BCUT2D eigenvalue weighted by Gasteiger charge is -2.44. The molecule has 0 aliphatic carbocycles. The molecule has 1 aliphatic heterocycles. The minimum absolute atomic E-state index is 0.603. The van der Waals surface area contributed by atoms with Crippen molar-refractivity contribution in [3.63, 3.8) is 0 Å². The molecule has 1 aliphatic rings. The van der Waals surface area contributed by atoms with Crippen molar-refractivity contribution in [3.05, 3.63) is 23.9 Å². The van der Waals surface area contributed by atoms with Gasteiger partial charge in [-0.2, -0.15) is 0 Å². The van der Waals surface area contributed by atoms with Crippen molar-refractivity contribution in [2.75, 3.05) is 24.5 Å². The molecule has 1 unspecified atom stereocenters. The molecule has 2 atom stereocenters. The van der Waals surface area contributed by atoms with E-state index in [-0.39, 0.29) is 0 Å². The summed E-state index contributed by atoms with van der Waals surface area (Å²) in [7, 11) is 0. The maximum atomic E-state index is 4.49. The molecule has 0 spiro atoms. The van der Waals surface area contributed by atoms with Gasteiger partial charge in [-0.3, -0.25) is 4.90 Å². The summed E-state index contributed by atoms with van der Waals surface area (Å²) >= 11 is 0. The van der Waals surface area contributed by atoms with Crippen molar-refractivity contribution >= 4 is 5.82 Å². The van der Waals surface area contributed by atoms with Crippen LogP contribution in [0.2, 0.25) is 0 Å². The van der Waals surface area contributed by atoms with E-state index in [2.05, 4.69) is 54.6 Å². The van der Waals surface area contributed by atoms with Gasteiger partial charge in [0.05, 0.1) is 0 Å². The Hall–Kier alpha value is -1.09. The van der Waals surface area contributed by atoms with Crippen LogP contribution in [0.5, 0.6) is 0 Å². The van der Waals surface area contributed by atoms with Gasteiger partial charge in [-0.05, 0) is 45.0 Å². The third-order valence-corrected chi connectivity index (χ3v) is 3.69. The second-order valence-corrected chi connectivity index (χ2v) is 5.12. The minimum Gasteiger partial charge on any atom is -0.353 e. The standard InChI is InChI=1S/C14H23N3.3C2H6/c1-5-17-12(3)9-16(10-13(17)4)14-8-11(2)6-7-15-14;3*1-2/h6-8,12-13H,5,9-10H2,1-4H3;3*1-2H3/t12-,13?;;;/m1.../s1. The summed E-state index contributed by atoms with van der Waals surface area (Å²) in [5.74, 6) is 1.12. The van der Waals surface area contributed by atoms with Crippen molar-refractivity contribution in [2.45, 2.75) is 81.3 Å². The van der Waals surface area contributed by atoms with Gasteiger partial charge in [0.15, 0.2) is 0 Å². The summed E-state index contributed by atoms with van der Waals surface area (Å²) in [4.78, 5) is 9.46. The molecule has 2 rings (SSSR count). The third-order valence-electron chi connectivity index (χ3n) is 3.69. The van der Waals surface area contributed by atoms with Crippen molar-refractivity contribution in [2.24, 2.45) is 0 Å². The molecule has 3 nitrogen and oxygen atoms in total. The fourth-order valence-electron chi connectivity index (χ4n) is 2.86. The number of hydrogen-bond acceptors (Lipinski definition) is 3. The SMILES string of the molecule is CC.CC.CC.CCN1C(C)CN(c2cc(C)ccn2)C[C@H]1C. The van der Waals surface area contributed by atoms with Gasteiger partial charge in [0.1, 0.15) is 5.82 Å². The maximum absolute atomic E-state index is 4.49. The third kappa shape index (κ3) is 7.83. The Kier molecular flexibility index (Phi) is 15.2. The lowest BCUT2D eigenvalue weighted by Crippen LogP contribution is -2.56. The summed E-state index contributed by atoms with van der Waals surface area (Å²) in [5, 5.41) is 0. The molecule has 0 saturated carbocycles. The van der Waals surface area contributed by atoms with Crippen molar-refractivity contribution in [1.29, 1.82) is 0 Å². The average molecular weight is 324 g/mol. The van der Waals surface area contributed by atoms with Crippen LogP contribution >= 0.6 is 0 Å². The van der Waals surface area contributed by atoms with Crippen LogP contribution < -0.4 is 4.90 Å². The number of piperazine rings is 1. The van der Waals surface area contributed by atoms with Gasteiger partial charge in [0.25, 0.3) is 0 Å². The number of nitrogens with zero attached hydrogens (tertiary/aromatic N) is 3. The van der Waals surface area contributed by atoms with E-state index in [0.717, 1.165) is 25.5 Å². The smallest absolute Gasteiger partial charge is 0.128 e. The second-order valence-electron chi connectivity index (χ2n) is 5.12. The van der Waals surface area contributed by atoms with Gasteiger partial charge in [-0.15, -0.1) is 0 Å². The molecule has 3 heteroatoms. The lowest BCUT2D eigenvalue weighted by atomic mass is 10.1. The van der Waals surface area contributed by atoms with E-state index in [9.17, 15) is 0 Å². The second kappa shape index (κ2) is 14.5. The zero-order valence-corrected chi connectivity index (χ0v) is 17.3. The van der Waals surface area contributed by atoms with E-state index >= 15 is 0 Å². The number of anilines is 1. The quantitative estimate of drug-likeness (QED) is 0.727. The first-order chi connectivity index (χ1) is 11.1. The zero-order valence-electron chi connectivity index (χ0n) is 17.3. The molecule has 1 saturated heterocycles. The van der Waals surface area contributed by atoms with E-state index < -0.39 is 0 Å². The molecule has 23 heavy (non-hydrogen) atoms. The number of rotatable bonds is 2. The molecule has 0 amide bonds. The van der Waals surface area contributed by atoms with Gasteiger partial charge in [-0.1, -0.05) is 48.5 Å². The molecule has 1 aromatic rings. The highest BCUT2D eigenvalue weighted by Gasteiger charge is 2.28. The predicted molar refractivity (Wildman–Crippen MR) is 107 cm³/mol. The van der Waals surface area contributed by atoms with Crippen LogP contribution in [0.1, 0.15) is 67.9 Å². The topological polar surface area (TPSA) is 19.4 Å². The van der Waals surface area contributed by atoms with E-state index in [1.807, 2.05) is 47.7 Å². The zero-order chi connectivity index (χ0) is 18.4. The first-order valence-corrected chi connectivity index (χ1v) is 9.55. The van der Waals surface area contributed by atoms with Gasteiger partial charge in [0.2, 0.25) is 0 Å². The molecular weight excluding hydrogens is 282 g/mol. The Morgan fingerprint density at radius 3 is 1.87 bits per heavy atom. The minimum atomic E-state index is 0.603. The van der Waals surface area contributed by atoms with Crippen LogP contribution in [0.25, 0.3) is 0 Å². The van der Waals surface area contributed by atoms with Gasteiger partial charge >= 0.3 is 0 Å². The van der Waals surface area contributed by atoms with Gasteiger partial charge in [0, 0.05) is 31.4 Å². The van der Waals surface area contributed by atoms with Crippen LogP contribution in [0.4, 0.5) is 5.82 Å². The van der Waals surface area contributed by atoms with Crippen LogP contribution in [0.3, 0.4) is 0 Å². The Labute approximate surface area is 146 Å². The summed E-state index contributed by atoms with van der Waals surface area (Å²) in [5.41, 5.74) is 1.29. The molecule has 1 fully saturated rings. The van der Waals surface area contributed by atoms with E-state index in [4.69, 9.17) is 0 Å². The molecular formula is C20H41N3. The highest BCUT2D eigenvalue weighted by molar-refractivity contribution is 5.41. The normalized spacial score (nSPS) is 20.2. The highest BCUT2D eigenvalue weighted by Crippen LogP contribution is 2.20. The van der Waals surface area contributed by atoms with Crippen LogP contribution in [0, 0.1) is 6.92 Å². The molecule has 1 aromatic heterocycles. The molecule has 0 aromatic carbocycles. The van der Waals surface area contributed by atoms with E-state index in [0.29, 0.717) is 12.1 Å². The van der Waals surface area contributed by atoms with Crippen molar-refractivity contribution < 1.29 is 0 Å². The van der Waals surface area contributed by atoms with Crippen molar-refractivity contribution in [1.82, 2.24) is 9.88 Å². The average Bonchev–Trinajstić information content (AvgIpc) is 2.60. The number of aromatic nitrogens is 1. The number of aryl methyl sites for hydroxylation is 1. The number of pyridine rings is 1. The fourth-order valence-corrected chi connectivity index (χ4v) is 2.86. The van der Waals surface area contributed by atoms with Crippen molar-refractivity contribution in [3.8, 4) is 0 Å². The fraction of sp³-hybridized carbons (Fsp3) is 0.750. The summed E-state index contributed by atoms with van der Waals surface area (Å²) in [6, 6.07) is 5.44. The Morgan fingerprint density at radius 2 is 1.48 bits per heavy atom. The summed E-state index contributed by atoms with van der Waals surface area (Å²) in [6.07, 6.45) is 1.91. The Bertz CT molecular complexity index is 367. The van der Waals surface area contributed by atoms with E-state index in [1.54, 1.807) is 0 Å². The monoisotopic (exact) mass is 323 g/mol. The van der Waals surface area contributed by atoms with Crippen LogP contribution in [-0.4, -0.2) is 41.6 Å². The molecule has 0 N–H and O–H groups in total. The summed E-state index contributed by atoms with van der Waals surface area (Å²) in [6.45, 7) is 24.3. The number of hydrogen-bond donors (Lipinski definition) is 0. The van der Waals surface area contributed by atoms with Crippen LogP contribution in [0.15, 0.2) is 18.3 Å². The molecule has 2 heterocycles. The molecule has 0 radical (unpaired) electrons. The maximum Gasteiger partial charge on any atom is 0.128 e. The predicted octanol–water partition coefficient (Wildman–Crippen LogP) is 5.39. The first-order valence-electron chi connectivity index (χ1n) is 9.55. The van der Waals surface area contributed by atoms with E-state index in [1.165, 1.54) is 5.56 Å². The largest absolute Gasteiger partial charge is 0.353 e. The Morgan fingerprint density at radius 1 is 1.00 bits per heavy atom. The number of likely N-dealkylation sites (N-methyl/N-ethyl adjacent to an activating group) is 1. The molecule has 0 bridgehead atoms. The summed E-state index contributed by atoms with van der Waals surface area (Å²) < 4.78 is 0. The van der Waals surface area contributed by atoms with Gasteiger partial charge in [-0.25, -0.2) is 4.98 Å². The van der Waals surface area contributed by atoms with Crippen LogP contribution in [-0.2, 0) is 0 Å². The lowest BCUT2D eigenvalue weighted by molar-refractivity contribution is 0.139. The Balaban J connectivity index is 0. The van der Waals surface area contributed by atoms with Gasteiger partial charge < -0.3 is 4.90 Å². The molecule has 136 valence electrons. The first kappa shape index (κ1) is 24.2. The highest BCUT2D eigenvalue weighted by atomic mass is 15.3.